The lowest BCUT2D eigenvalue weighted by molar-refractivity contribution is 0.223. The van der Waals surface area contributed by atoms with Gasteiger partial charge in [-0.05, 0) is 51.0 Å². The van der Waals surface area contributed by atoms with Gasteiger partial charge in [-0.2, -0.15) is 4.98 Å². The van der Waals surface area contributed by atoms with Gasteiger partial charge >= 0.3 is 0 Å². The van der Waals surface area contributed by atoms with Crippen LogP contribution in [0.4, 0.5) is 4.39 Å². The second kappa shape index (κ2) is 7.53. The Kier molecular flexibility index (Phi) is 4.97. The Hall–Kier alpha value is -2.28. The van der Waals surface area contributed by atoms with E-state index in [1.165, 1.54) is 38.4 Å². The summed E-state index contributed by atoms with van der Waals surface area (Å²) in [7, 11) is 0. The molecular weight excluding hydrogens is 333 g/mol. The van der Waals surface area contributed by atoms with Crippen LogP contribution in [-0.2, 0) is 12.8 Å². The van der Waals surface area contributed by atoms with Crippen molar-refractivity contribution in [1.29, 1.82) is 0 Å². The highest BCUT2D eigenvalue weighted by atomic mass is 19.1. The number of rotatable bonds is 6. The predicted molar refractivity (Wildman–Crippen MR) is 97.3 cm³/mol. The maximum Gasteiger partial charge on any atom is 0.227 e. The largest absolute Gasteiger partial charge is 0.342 e. The highest BCUT2D eigenvalue weighted by molar-refractivity contribution is 5.90. The Bertz CT molecular complexity index is 881. The van der Waals surface area contributed by atoms with Crippen molar-refractivity contribution in [2.45, 2.75) is 45.4 Å². The molecule has 1 saturated heterocycles. The van der Waals surface area contributed by atoms with E-state index in [2.05, 4.69) is 25.0 Å². The van der Waals surface area contributed by atoms with Crippen molar-refractivity contribution in [3.63, 3.8) is 0 Å². The van der Waals surface area contributed by atoms with E-state index in [1.807, 2.05) is 6.92 Å². The average Bonchev–Trinajstić information content (AvgIpc) is 3.29. The lowest BCUT2D eigenvalue weighted by atomic mass is 10.1. The van der Waals surface area contributed by atoms with E-state index in [9.17, 15) is 4.39 Å². The first-order valence-corrected chi connectivity index (χ1v) is 9.47. The number of hydrogen-bond donors (Lipinski definition) is 1. The van der Waals surface area contributed by atoms with Crippen LogP contribution >= 0.6 is 0 Å². The molecule has 2 aromatic heterocycles. The molecule has 1 aromatic carbocycles. The number of imidazole rings is 1. The Morgan fingerprint density at radius 3 is 2.85 bits per heavy atom. The molecule has 0 amide bonds. The van der Waals surface area contributed by atoms with Gasteiger partial charge in [-0.15, -0.1) is 0 Å². The summed E-state index contributed by atoms with van der Waals surface area (Å²) >= 11 is 0. The van der Waals surface area contributed by atoms with Gasteiger partial charge < -0.3 is 14.4 Å². The fourth-order valence-corrected chi connectivity index (χ4v) is 3.58. The Labute approximate surface area is 151 Å². The molecule has 0 atom stereocenters. The predicted octanol–water partition coefficient (Wildman–Crippen LogP) is 3.73. The highest BCUT2D eigenvalue weighted by Gasteiger charge is 2.19. The third kappa shape index (κ3) is 3.49. The van der Waals surface area contributed by atoms with E-state index < -0.39 is 0 Å². The Morgan fingerprint density at radius 2 is 2.04 bits per heavy atom. The van der Waals surface area contributed by atoms with E-state index in [4.69, 9.17) is 4.52 Å². The number of nitrogens with one attached hydrogen (secondary N) is 1. The summed E-state index contributed by atoms with van der Waals surface area (Å²) in [5.41, 5.74) is 1.65. The van der Waals surface area contributed by atoms with E-state index in [-0.39, 0.29) is 11.6 Å². The van der Waals surface area contributed by atoms with Gasteiger partial charge in [-0.3, -0.25) is 0 Å². The number of fused-ring (bicyclic) bond motifs is 1. The molecule has 0 bridgehead atoms. The molecule has 0 unspecified atom stereocenters. The fraction of sp³-hybridized carbons (Fsp3) is 0.526. The molecule has 26 heavy (non-hydrogen) atoms. The van der Waals surface area contributed by atoms with Crippen molar-refractivity contribution in [3.05, 3.63) is 29.7 Å². The molecule has 1 aliphatic heterocycles. The maximum atomic E-state index is 14.4. The van der Waals surface area contributed by atoms with Gasteiger partial charge in [0.15, 0.2) is 0 Å². The number of halogens is 1. The molecule has 0 radical (unpaired) electrons. The number of piperidine rings is 1. The molecule has 1 fully saturated rings. The van der Waals surface area contributed by atoms with Crippen molar-refractivity contribution in [3.8, 4) is 11.4 Å². The third-order valence-electron chi connectivity index (χ3n) is 4.99. The normalized spacial score (nSPS) is 15.8. The van der Waals surface area contributed by atoms with Crippen LogP contribution in [0.1, 0.15) is 44.3 Å². The first-order chi connectivity index (χ1) is 12.7. The molecule has 3 heterocycles. The first kappa shape index (κ1) is 17.1. The summed E-state index contributed by atoms with van der Waals surface area (Å²) in [6.45, 7) is 5.41. The van der Waals surface area contributed by atoms with Gasteiger partial charge in [0.2, 0.25) is 11.7 Å². The second-order valence-corrected chi connectivity index (χ2v) is 6.87. The third-order valence-corrected chi connectivity index (χ3v) is 4.99. The molecular formula is C19H24FN5O. The van der Waals surface area contributed by atoms with Crippen LogP contribution in [-0.4, -0.2) is 44.6 Å². The van der Waals surface area contributed by atoms with Crippen molar-refractivity contribution in [2.75, 3.05) is 19.6 Å². The number of H-pyrrole nitrogens is 1. The molecule has 138 valence electrons. The topological polar surface area (TPSA) is 70.8 Å². The van der Waals surface area contributed by atoms with Crippen LogP contribution in [0.2, 0.25) is 0 Å². The minimum absolute atomic E-state index is 0.273. The van der Waals surface area contributed by atoms with Crippen LogP contribution < -0.4 is 0 Å². The number of aryl methyl sites for hydroxylation is 2. The number of benzene rings is 1. The molecule has 0 aliphatic carbocycles. The Morgan fingerprint density at radius 1 is 1.19 bits per heavy atom. The van der Waals surface area contributed by atoms with E-state index >= 15 is 0 Å². The monoisotopic (exact) mass is 357 g/mol. The SMILES string of the molecule is CCc1nc2c(-c3noc(CCCN4CCCCC4)n3)c(F)ccc2[nH]1. The fourth-order valence-electron chi connectivity index (χ4n) is 3.58. The molecule has 3 aromatic rings. The summed E-state index contributed by atoms with van der Waals surface area (Å²) in [4.78, 5) is 14.6. The van der Waals surface area contributed by atoms with E-state index in [1.54, 1.807) is 6.07 Å². The molecule has 1 aliphatic rings. The van der Waals surface area contributed by atoms with Gasteiger partial charge in [0.25, 0.3) is 0 Å². The zero-order chi connectivity index (χ0) is 17.9. The lowest BCUT2D eigenvalue weighted by Gasteiger charge is -2.25. The number of aromatic nitrogens is 4. The van der Waals surface area contributed by atoms with Crippen molar-refractivity contribution < 1.29 is 8.91 Å². The quantitative estimate of drug-likeness (QED) is 0.728. The van der Waals surface area contributed by atoms with E-state index in [0.29, 0.717) is 23.4 Å². The zero-order valence-electron chi connectivity index (χ0n) is 15.1. The minimum Gasteiger partial charge on any atom is -0.342 e. The molecule has 6 nitrogen and oxygen atoms in total. The molecule has 0 saturated carbocycles. The van der Waals surface area contributed by atoms with Gasteiger partial charge in [-0.1, -0.05) is 18.5 Å². The van der Waals surface area contributed by atoms with Crippen LogP contribution in [0.15, 0.2) is 16.7 Å². The highest BCUT2D eigenvalue weighted by Crippen LogP contribution is 2.28. The Balaban J connectivity index is 1.49. The molecule has 1 N–H and O–H groups in total. The number of aromatic amines is 1. The van der Waals surface area contributed by atoms with Crippen LogP contribution in [0.5, 0.6) is 0 Å². The molecule has 7 heteroatoms. The lowest BCUT2D eigenvalue weighted by Crippen LogP contribution is -2.30. The number of nitrogens with zero attached hydrogens (tertiary/aromatic N) is 4. The summed E-state index contributed by atoms with van der Waals surface area (Å²) in [6.07, 6.45) is 6.35. The molecule has 4 rings (SSSR count). The van der Waals surface area contributed by atoms with Crippen molar-refractivity contribution in [2.24, 2.45) is 0 Å². The van der Waals surface area contributed by atoms with Gasteiger partial charge in [0, 0.05) is 12.8 Å². The number of likely N-dealkylation sites (tertiary alicyclic amines) is 1. The maximum absolute atomic E-state index is 14.4. The second-order valence-electron chi connectivity index (χ2n) is 6.87. The molecule has 0 spiro atoms. The smallest absolute Gasteiger partial charge is 0.227 e. The van der Waals surface area contributed by atoms with Gasteiger partial charge in [-0.25, -0.2) is 9.37 Å². The van der Waals surface area contributed by atoms with Crippen molar-refractivity contribution >= 4 is 11.0 Å². The van der Waals surface area contributed by atoms with Crippen LogP contribution in [0.25, 0.3) is 22.4 Å². The summed E-state index contributed by atoms with van der Waals surface area (Å²) in [5.74, 6) is 1.26. The van der Waals surface area contributed by atoms with Crippen LogP contribution in [0, 0.1) is 5.82 Å². The van der Waals surface area contributed by atoms with Gasteiger partial charge in [0.05, 0.1) is 11.1 Å². The average molecular weight is 357 g/mol. The number of hydrogen-bond acceptors (Lipinski definition) is 5. The zero-order valence-corrected chi connectivity index (χ0v) is 15.1. The van der Waals surface area contributed by atoms with Crippen LogP contribution in [0.3, 0.4) is 0 Å². The van der Waals surface area contributed by atoms with E-state index in [0.717, 1.165) is 30.7 Å². The summed E-state index contributed by atoms with van der Waals surface area (Å²) in [6, 6.07) is 3.11. The summed E-state index contributed by atoms with van der Waals surface area (Å²) < 4.78 is 19.8. The van der Waals surface area contributed by atoms with Crippen molar-refractivity contribution in [1.82, 2.24) is 25.0 Å². The van der Waals surface area contributed by atoms with Gasteiger partial charge in [0.1, 0.15) is 17.2 Å². The standard InChI is InChI=1S/C19H24FN5O/c1-2-15-21-14-9-8-13(20)17(18(14)22-15)19-23-16(26-24-19)7-6-12-25-10-4-3-5-11-25/h8-9H,2-7,10-12H2,1H3,(H,21,22). The minimum atomic E-state index is -0.382. The first-order valence-electron chi connectivity index (χ1n) is 9.47. The summed E-state index contributed by atoms with van der Waals surface area (Å²) in [5, 5.41) is 4.00.